The van der Waals surface area contributed by atoms with Crippen LogP contribution in [0.5, 0.6) is 0 Å². The molecule has 2 aromatic rings. The number of benzene rings is 2. The molecule has 2 rings (SSSR count). The van der Waals surface area contributed by atoms with Crippen LogP contribution in [0.4, 0.5) is 5.69 Å². The maximum atomic E-state index is 12.4. The Morgan fingerprint density at radius 1 is 1.03 bits per heavy atom. The number of nitro groups is 1. The van der Waals surface area contributed by atoms with E-state index in [4.69, 9.17) is 0 Å². The van der Waals surface area contributed by atoms with Gasteiger partial charge in [-0.1, -0.05) is 51.5 Å². The van der Waals surface area contributed by atoms with Crippen molar-refractivity contribution in [1.82, 2.24) is 10.6 Å². The number of nitrogens with zero attached hydrogens (tertiary/aromatic N) is 1. The van der Waals surface area contributed by atoms with E-state index in [1.165, 1.54) is 29.8 Å². The van der Waals surface area contributed by atoms with Crippen molar-refractivity contribution in [2.45, 2.75) is 46.1 Å². The summed E-state index contributed by atoms with van der Waals surface area (Å²) in [5.74, 6) is -0.291. The van der Waals surface area contributed by atoms with Crippen LogP contribution in [0.25, 0.3) is 0 Å². The smallest absolute Gasteiger partial charge is 0.269 e. The predicted molar refractivity (Wildman–Crippen MR) is 116 cm³/mol. The van der Waals surface area contributed by atoms with Crippen LogP contribution in [0.3, 0.4) is 0 Å². The zero-order valence-electron chi connectivity index (χ0n) is 17.7. The normalized spacial score (nSPS) is 11.7. The van der Waals surface area contributed by atoms with Crippen molar-refractivity contribution in [2.75, 3.05) is 6.54 Å². The highest BCUT2D eigenvalue weighted by atomic mass is 16.6. The Bertz CT molecular complexity index is 861. The van der Waals surface area contributed by atoms with Gasteiger partial charge in [0, 0.05) is 30.7 Å². The van der Waals surface area contributed by atoms with Gasteiger partial charge in [-0.3, -0.25) is 19.7 Å². The highest BCUT2D eigenvalue weighted by Gasteiger charge is 2.18. The van der Waals surface area contributed by atoms with E-state index in [1.54, 1.807) is 0 Å². The largest absolute Gasteiger partial charge is 0.352 e. The molecule has 30 heavy (non-hydrogen) atoms. The molecule has 7 nitrogen and oxygen atoms in total. The van der Waals surface area contributed by atoms with Gasteiger partial charge in [0.15, 0.2) is 0 Å². The molecule has 0 aliphatic carbocycles. The molecule has 0 aromatic heterocycles. The lowest BCUT2D eigenvalue weighted by molar-refractivity contribution is -0.384. The molecule has 0 aliphatic rings. The maximum Gasteiger partial charge on any atom is 0.269 e. The predicted octanol–water partition coefficient (Wildman–Crippen LogP) is 4.18. The minimum atomic E-state index is -0.519. The van der Waals surface area contributed by atoms with E-state index in [0.717, 1.165) is 18.4 Å². The summed E-state index contributed by atoms with van der Waals surface area (Å²) in [7, 11) is 0. The fourth-order valence-electron chi connectivity index (χ4n) is 3.19. The minimum absolute atomic E-state index is 0.0756. The summed E-state index contributed by atoms with van der Waals surface area (Å²) in [6.45, 7) is 6.44. The van der Waals surface area contributed by atoms with Gasteiger partial charge in [-0.2, -0.15) is 0 Å². The first-order valence-electron chi connectivity index (χ1n) is 10.2. The lowest BCUT2D eigenvalue weighted by atomic mass is 9.94. The Morgan fingerprint density at radius 3 is 2.20 bits per heavy atom. The van der Waals surface area contributed by atoms with Crippen LogP contribution in [-0.2, 0) is 11.2 Å². The van der Waals surface area contributed by atoms with Crippen molar-refractivity contribution < 1.29 is 14.5 Å². The Hall–Kier alpha value is -3.22. The van der Waals surface area contributed by atoms with Gasteiger partial charge in [0.25, 0.3) is 11.6 Å². The van der Waals surface area contributed by atoms with Crippen LogP contribution < -0.4 is 10.6 Å². The summed E-state index contributed by atoms with van der Waals surface area (Å²) in [5.41, 5.74) is 2.58. The van der Waals surface area contributed by atoms with E-state index in [9.17, 15) is 19.7 Å². The van der Waals surface area contributed by atoms with Crippen LogP contribution in [0, 0.1) is 16.0 Å². The molecule has 0 bridgehead atoms. The number of hydrogen-bond acceptors (Lipinski definition) is 4. The van der Waals surface area contributed by atoms with Crippen molar-refractivity contribution >= 4 is 17.5 Å². The van der Waals surface area contributed by atoms with E-state index >= 15 is 0 Å². The number of non-ortho nitro benzene ring substituents is 1. The second-order valence-corrected chi connectivity index (χ2v) is 7.59. The highest BCUT2D eigenvalue weighted by Crippen LogP contribution is 2.22. The van der Waals surface area contributed by atoms with Gasteiger partial charge in [-0.25, -0.2) is 0 Å². The monoisotopic (exact) mass is 411 g/mol. The number of carbonyl (C=O) groups is 2. The quantitative estimate of drug-likeness (QED) is 0.452. The molecule has 0 saturated heterocycles. The number of hydrogen-bond donors (Lipinski definition) is 2. The average molecular weight is 412 g/mol. The lowest BCUT2D eigenvalue weighted by Gasteiger charge is -2.23. The Labute approximate surface area is 177 Å². The van der Waals surface area contributed by atoms with Gasteiger partial charge in [0.1, 0.15) is 0 Å². The molecule has 1 atom stereocenters. The maximum absolute atomic E-state index is 12.4. The molecule has 2 N–H and O–H groups in total. The number of nitrogens with one attached hydrogen (secondary N) is 2. The fourth-order valence-corrected chi connectivity index (χ4v) is 3.19. The summed E-state index contributed by atoms with van der Waals surface area (Å²) in [6.07, 6.45) is 2.28. The SMILES string of the molecule is CCCc1ccc(C(NC(=O)CCNC(=O)c2ccc([N+](=O)[O-])cc2)C(C)C)cc1. The van der Waals surface area contributed by atoms with Gasteiger partial charge in [-0.05, 0) is 35.6 Å². The molecule has 7 heteroatoms. The molecule has 0 saturated carbocycles. The fraction of sp³-hybridized carbons (Fsp3) is 0.391. The molecule has 0 aliphatic heterocycles. The summed E-state index contributed by atoms with van der Waals surface area (Å²) in [6, 6.07) is 13.6. The molecule has 1 unspecified atom stereocenters. The third-order valence-electron chi connectivity index (χ3n) is 4.84. The lowest BCUT2D eigenvalue weighted by Crippen LogP contribution is -2.34. The van der Waals surface area contributed by atoms with E-state index in [2.05, 4.69) is 55.7 Å². The van der Waals surface area contributed by atoms with Crippen molar-refractivity contribution in [3.8, 4) is 0 Å². The molecule has 0 spiro atoms. The summed E-state index contributed by atoms with van der Waals surface area (Å²) in [4.78, 5) is 34.7. The van der Waals surface area contributed by atoms with E-state index in [0.29, 0.717) is 5.56 Å². The summed E-state index contributed by atoms with van der Waals surface area (Å²) in [5, 5.41) is 16.4. The second kappa shape index (κ2) is 11.1. The van der Waals surface area contributed by atoms with Crippen LogP contribution in [0.15, 0.2) is 48.5 Å². The van der Waals surface area contributed by atoms with Crippen molar-refractivity contribution in [2.24, 2.45) is 5.92 Å². The molecule has 0 heterocycles. The molecular weight excluding hydrogens is 382 g/mol. The zero-order valence-corrected chi connectivity index (χ0v) is 17.7. The number of rotatable bonds is 10. The first-order valence-corrected chi connectivity index (χ1v) is 10.2. The third-order valence-corrected chi connectivity index (χ3v) is 4.84. The number of carbonyl (C=O) groups excluding carboxylic acids is 2. The summed E-state index contributed by atoms with van der Waals surface area (Å²) >= 11 is 0. The van der Waals surface area contributed by atoms with Crippen molar-refractivity contribution in [3.05, 3.63) is 75.3 Å². The second-order valence-electron chi connectivity index (χ2n) is 7.59. The molecular formula is C23H29N3O4. The van der Waals surface area contributed by atoms with Gasteiger partial charge < -0.3 is 10.6 Å². The van der Waals surface area contributed by atoms with E-state index in [1.807, 2.05) is 0 Å². The van der Waals surface area contributed by atoms with Crippen LogP contribution in [0.2, 0.25) is 0 Å². The third kappa shape index (κ3) is 6.69. The van der Waals surface area contributed by atoms with E-state index in [-0.39, 0.29) is 42.4 Å². The van der Waals surface area contributed by atoms with Gasteiger partial charge >= 0.3 is 0 Å². The van der Waals surface area contributed by atoms with Crippen molar-refractivity contribution in [1.29, 1.82) is 0 Å². The minimum Gasteiger partial charge on any atom is -0.352 e. The molecule has 0 radical (unpaired) electrons. The molecule has 2 amide bonds. The summed E-state index contributed by atoms with van der Waals surface area (Å²) < 4.78 is 0. The number of amides is 2. The van der Waals surface area contributed by atoms with E-state index < -0.39 is 4.92 Å². The van der Waals surface area contributed by atoms with Gasteiger partial charge in [-0.15, -0.1) is 0 Å². The first kappa shape index (κ1) is 23.1. The highest BCUT2D eigenvalue weighted by molar-refractivity contribution is 5.94. The zero-order chi connectivity index (χ0) is 22.1. The van der Waals surface area contributed by atoms with Gasteiger partial charge in [0.2, 0.25) is 5.91 Å². The molecule has 2 aromatic carbocycles. The first-order chi connectivity index (χ1) is 14.3. The number of aryl methyl sites for hydroxylation is 1. The standard InChI is InChI=1S/C23H29N3O4/c1-4-5-17-6-8-18(9-7-17)22(16(2)3)25-21(27)14-15-24-23(28)19-10-12-20(13-11-19)26(29)30/h6-13,16,22H,4-5,14-15H2,1-3H3,(H,24,28)(H,25,27). The van der Waals surface area contributed by atoms with Crippen molar-refractivity contribution in [3.63, 3.8) is 0 Å². The molecule has 160 valence electrons. The Morgan fingerprint density at radius 2 is 1.67 bits per heavy atom. The van der Waals surface area contributed by atoms with Gasteiger partial charge in [0.05, 0.1) is 11.0 Å². The Kier molecular flexibility index (Phi) is 8.53. The van der Waals surface area contributed by atoms with Crippen LogP contribution in [-0.4, -0.2) is 23.3 Å². The topological polar surface area (TPSA) is 101 Å². The van der Waals surface area contributed by atoms with Crippen LogP contribution >= 0.6 is 0 Å². The number of nitro benzene ring substituents is 1. The average Bonchev–Trinajstić information content (AvgIpc) is 2.72. The Balaban J connectivity index is 1.86. The molecule has 0 fully saturated rings. The van der Waals surface area contributed by atoms with Crippen LogP contribution in [0.1, 0.15) is 61.1 Å².